The Morgan fingerprint density at radius 3 is 2.33 bits per heavy atom. The first-order chi connectivity index (χ1) is 9.39. The minimum absolute atomic E-state index is 0. The number of rotatable bonds is 6. The molecule has 0 radical (unpaired) electrons. The van der Waals surface area contributed by atoms with E-state index in [4.69, 9.17) is 0 Å². The van der Waals surface area contributed by atoms with E-state index >= 15 is 0 Å². The molecule has 2 N–H and O–H groups in total. The van der Waals surface area contributed by atoms with Crippen LogP contribution in [0.15, 0.2) is 17.1 Å². The highest BCUT2D eigenvalue weighted by atomic mass is 127. The predicted octanol–water partition coefficient (Wildman–Crippen LogP) is 2.93. The maximum atomic E-state index is 4.27. The third-order valence-electron chi connectivity index (χ3n) is 3.62. The largest absolute Gasteiger partial charge is 0.355 e. The van der Waals surface area contributed by atoms with Crippen molar-refractivity contribution in [2.75, 3.05) is 27.7 Å². The summed E-state index contributed by atoms with van der Waals surface area (Å²) in [6.45, 7) is 8.28. The molecule has 1 heterocycles. The molecular weight excluding hydrogens is 395 g/mol. The number of hydrogen-bond donors (Lipinski definition) is 2. The Morgan fingerprint density at radius 2 is 1.86 bits per heavy atom. The lowest BCUT2D eigenvalue weighted by atomic mass is 10.0. The minimum atomic E-state index is 0. The van der Waals surface area contributed by atoms with Crippen LogP contribution < -0.4 is 10.6 Å². The molecule has 6 heteroatoms. The Bertz CT molecular complexity index is 441. The van der Waals surface area contributed by atoms with Gasteiger partial charge in [-0.15, -0.1) is 35.3 Å². The second-order valence-electron chi connectivity index (χ2n) is 5.71. The van der Waals surface area contributed by atoms with E-state index in [1.807, 2.05) is 18.4 Å². The van der Waals surface area contributed by atoms with Gasteiger partial charge in [-0.05, 0) is 46.5 Å². The topological polar surface area (TPSA) is 39.7 Å². The molecule has 0 spiro atoms. The molecule has 0 amide bonds. The highest BCUT2D eigenvalue weighted by molar-refractivity contribution is 14.0. The lowest BCUT2D eigenvalue weighted by molar-refractivity contribution is 0.197. The molecule has 0 aliphatic heterocycles. The van der Waals surface area contributed by atoms with Crippen molar-refractivity contribution >= 4 is 41.3 Å². The van der Waals surface area contributed by atoms with Crippen LogP contribution in [-0.2, 0) is 13.0 Å². The Hall–Kier alpha value is -0.340. The molecule has 0 saturated heterocycles. The monoisotopic (exact) mass is 424 g/mol. The number of nitrogens with one attached hydrogen (secondary N) is 2. The van der Waals surface area contributed by atoms with Gasteiger partial charge in [-0.2, -0.15) is 0 Å². The average molecular weight is 424 g/mol. The molecule has 21 heavy (non-hydrogen) atoms. The van der Waals surface area contributed by atoms with Gasteiger partial charge in [-0.25, -0.2) is 0 Å². The molecule has 0 saturated carbocycles. The number of nitrogens with zero attached hydrogens (tertiary/aromatic N) is 2. The fraction of sp³-hybridized carbons (Fsp3) is 0.667. The highest BCUT2D eigenvalue weighted by Gasteiger charge is 2.20. The fourth-order valence-corrected chi connectivity index (χ4v) is 2.45. The first-order valence-electron chi connectivity index (χ1n) is 7.08. The van der Waals surface area contributed by atoms with Gasteiger partial charge in [-0.1, -0.05) is 6.92 Å². The number of guanidine groups is 1. The van der Waals surface area contributed by atoms with Crippen LogP contribution in [0, 0.1) is 0 Å². The van der Waals surface area contributed by atoms with Crippen LogP contribution in [-0.4, -0.2) is 44.1 Å². The Kier molecular flexibility index (Phi) is 9.48. The van der Waals surface area contributed by atoms with Crippen molar-refractivity contribution in [2.45, 2.75) is 39.3 Å². The van der Waals surface area contributed by atoms with Gasteiger partial charge in [0.1, 0.15) is 0 Å². The van der Waals surface area contributed by atoms with Crippen LogP contribution in [0.1, 0.15) is 30.5 Å². The molecular formula is C15H29IN4S. The molecule has 0 unspecified atom stereocenters. The third kappa shape index (κ3) is 6.97. The van der Waals surface area contributed by atoms with Gasteiger partial charge >= 0.3 is 0 Å². The Balaban J connectivity index is 0.00000400. The van der Waals surface area contributed by atoms with E-state index in [9.17, 15) is 0 Å². The number of hydrogen-bond acceptors (Lipinski definition) is 3. The SMILES string of the molecule is CCc1ccc(CNC(=NC)NCC(C)(C)N(C)C)s1.I. The average Bonchev–Trinajstić information content (AvgIpc) is 2.86. The van der Waals surface area contributed by atoms with Gasteiger partial charge in [0.2, 0.25) is 0 Å². The van der Waals surface area contributed by atoms with Crippen molar-refractivity contribution < 1.29 is 0 Å². The highest BCUT2D eigenvalue weighted by Crippen LogP contribution is 2.16. The fourth-order valence-electron chi connectivity index (χ4n) is 1.56. The van der Waals surface area contributed by atoms with E-state index in [1.54, 1.807) is 0 Å². The Labute approximate surface area is 150 Å². The summed E-state index contributed by atoms with van der Waals surface area (Å²) in [5.41, 5.74) is 0.0932. The molecule has 0 atom stereocenters. The second-order valence-corrected chi connectivity index (χ2v) is 6.96. The summed E-state index contributed by atoms with van der Waals surface area (Å²) in [5, 5.41) is 6.75. The molecule has 0 fully saturated rings. The molecule has 0 aromatic carbocycles. The third-order valence-corrected chi connectivity index (χ3v) is 4.85. The molecule has 0 aliphatic rings. The van der Waals surface area contributed by atoms with E-state index in [-0.39, 0.29) is 29.5 Å². The van der Waals surface area contributed by atoms with E-state index in [1.165, 1.54) is 9.75 Å². The van der Waals surface area contributed by atoms with E-state index in [0.717, 1.165) is 25.5 Å². The van der Waals surface area contributed by atoms with Crippen molar-refractivity contribution in [1.29, 1.82) is 0 Å². The van der Waals surface area contributed by atoms with Crippen LogP contribution in [0.4, 0.5) is 0 Å². The number of aliphatic imine (C=N–C) groups is 1. The van der Waals surface area contributed by atoms with Crippen molar-refractivity contribution in [3.05, 3.63) is 21.9 Å². The minimum Gasteiger partial charge on any atom is -0.355 e. The number of thiophene rings is 1. The molecule has 122 valence electrons. The summed E-state index contributed by atoms with van der Waals surface area (Å²) < 4.78 is 0. The van der Waals surface area contributed by atoms with Crippen molar-refractivity contribution in [1.82, 2.24) is 15.5 Å². The van der Waals surface area contributed by atoms with Crippen molar-refractivity contribution in [2.24, 2.45) is 4.99 Å². The van der Waals surface area contributed by atoms with E-state index in [0.29, 0.717) is 0 Å². The smallest absolute Gasteiger partial charge is 0.191 e. The number of likely N-dealkylation sites (N-methyl/N-ethyl adjacent to an activating group) is 1. The summed E-state index contributed by atoms with van der Waals surface area (Å²) in [6, 6.07) is 4.39. The standard InChI is InChI=1S/C15H28N4S.HI/c1-7-12-8-9-13(20-12)10-17-14(16-4)18-11-15(2,3)19(5)6;/h8-9H,7,10-11H2,1-6H3,(H2,16,17,18);1H. The van der Waals surface area contributed by atoms with Crippen molar-refractivity contribution in [3.63, 3.8) is 0 Å². The summed E-state index contributed by atoms with van der Waals surface area (Å²) in [7, 11) is 6.00. The van der Waals surface area contributed by atoms with Gasteiger partial charge in [0, 0.05) is 28.9 Å². The first kappa shape index (κ1) is 20.7. The van der Waals surface area contributed by atoms with Crippen LogP contribution in [0.25, 0.3) is 0 Å². The summed E-state index contributed by atoms with van der Waals surface area (Å²) >= 11 is 1.86. The lowest BCUT2D eigenvalue weighted by Gasteiger charge is -2.33. The first-order valence-corrected chi connectivity index (χ1v) is 7.90. The van der Waals surface area contributed by atoms with Crippen molar-refractivity contribution in [3.8, 4) is 0 Å². The summed E-state index contributed by atoms with van der Waals surface area (Å²) in [4.78, 5) is 9.25. The quantitative estimate of drug-likeness (QED) is 0.419. The van der Waals surface area contributed by atoms with Crippen LogP contribution in [0.2, 0.25) is 0 Å². The predicted molar refractivity (Wildman–Crippen MR) is 105 cm³/mol. The molecule has 1 rings (SSSR count). The van der Waals surface area contributed by atoms with Gasteiger partial charge in [0.15, 0.2) is 5.96 Å². The molecule has 0 bridgehead atoms. The van der Waals surface area contributed by atoms with Crippen LogP contribution in [0.3, 0.4) is 0 Å². The zero-order valence-corrected chi connectivity index (χ0v) is 17.1. The molecule has 1 aromatic heterocycles. The zero-order chi connectivity index (χ0) is 15.2. The normalized spacial score (nSPS) is 12.2. The molecule has 4 nitrogen and oxygen atoms in total. The van der Waals surface area contributed by atoms with E-state index < -0.39 is 0 Å². The summed E-state index contributed by atoms with van der Waals surface area (Å²) in [6.07, 6.45) is 1.11. The van der Waals surface area contributed by atoms with Gasteiger partial charge in [0.25, 0.3) is 0 Å². The van der Waals surface area contributed by atoms with Crippen LogP contribution in [0.5, 0.6) is 0 Å². The van der Waals surface area contributed by atoms with Gasteiger partial charge in [-0.3, -0.25) is 4.99 Å². The second kappa shape index (κ2) is 9.63. The maximum Gasteiger partial charge on any atom is 0.191 e. The summed E-state index contributed by atoms with van der Waals surface area (Å²) in [5.74, 6) is 0.853. The van der Waals surface area contributed by atoms with Gasteiger partial charge < -0.3 is 15.5 Å². The van der Waals surface area contributed by atoms with Crippen LogP contribution >= 0.6 is 35.3 Å². The van der Waals surface area contributed by atoms with Gasteiger partial charge in [0.05, 0.1) is 6.54 Å². The van der Waals surface area contributed by atoms with E-state index in [2.05, 4.69) is 67.5 Å². The number of aryl methyl sites for hydroxylation is 1. The Morgan fingerprint density at radius 1 is 1.24 bits per heavy atom. The number of halogens is 1. The maximum absolute atomic E-state index is 4.27. The molecule has 0 aliphatic carbocycles. The lowest BCUT2D eigenvalue weighted by Crippen LogP contribution is -2.50. The zero-order valence-electron chi connectivity index (χ0n) is 14.0. The molecule has 1 aromatic rings.